The largest absolute Gasteiger partial charge is 0.453 e. The van der Waals surface area contributed by atoms with Crippen molar-refractivity contribution in [2.24, 2.45) is 0 Å². The fourth-order valence-corrected chi connectivity index (χ4v) is 1.11. The van der Waals surface area contributed by atoms with Crippen molar-refractivity contribution in [3.05, 3.63) is 12.7 Å². The van der Waals surface area contributed by atoms with Crippen LogP contribution in [-0.4, -0.2) is 30.7 Å². The number of carbonyl (C=O) groups is 1. The van der Waals surface area contributed by atoms with Gasteiger partial charge in [-0.3, -0.25) is 0 Å². The van der Waals surface area contributed by atoms with Gasteiger partial charge in [-0.1, -0.05) is 6.08 Å². The van der Waals surface area contributed by atoms with Crippen LogP contribution in [0.4, 0.5) is 4.79 Å². The van der Waals surface area contributed by atoms with Gasteiger partial charge in [0.25, 0.3) is 0 Å². The first-order valence-corrected chi connectivity index (χ1v) is 4.12. The van der Waals surface area contributed by atoms with Gasteiger partial charge in [-0.15, -0.1) is 6.58 Å². The van der Waals surface area contributed by atoms with Crippen LogP contribution in [0.15, 0.2) is 12.7 Å². The van der Waals surface area contributed by atoms with E-state index in [1.54, 1.807) is 11.0 Å². The van der Waals surface area contributed by atoms with E-state index in [1.165, 1.54) is 7.11 Å². The summed E-state index contributed by atoms with van der Waals surface area (Å²) >= 11 is 0. The third kappa shape index (κ3) is 2.95. The Kier molecular flexibility index (Phi) is 5.17. The second kappa shape index (κ2) is 5.63. The molecule has 0 aliphatic heterocycles. The van der Waals surface area contributed by atoms with Crippen molar-refractivity contribution in [1.82, 2.24) is 4.90 Å². The van der Waals surface area contributed by atoms with E-state index in [9.17, 15) is 4.79 Å². The Morgan fingerprint density at radius 3 is 2.67 bits per heavy atom. The lowest BCUT2D eigenvalue weighted by atomic mass is 10.2. The predicted molar refractivity (Wildman–Crippen MR) is 49.1 cm³/mol. The van der Waals surface area contributed by atoms with Gasteiger partial charge < -0.3 is 9.64 Å². The van der Waals surface area contributed by atoms with Gasteiger partial charge in [0, 0.05) is 12.6 Å². The Morgan fingerprint density at radius 2 is 2.33 bits per heavy atom. The average Bonchev–Trinajstić information content (AvgIpc) is 2.06. The molecule has 12 heavy (non-hydrogen) atoms. The maximum absolute atomic E-state index is 11.1. The van der Waals surface area contributed by atoms with Crippen molar-refractivity contribution in [2.45, 2.75) is 26.3 Å². The van der Waals surface area contributed by atoms with Crippen LogP contribution in [-0.2, 0) is 4.74 Å². The van der Waals surface area contributed by atoms with Gasteiger partial charge in [-0.05, 0) is 20.3 Å². The zero-order chi connectivity index (χ0) is 9.56. The Morgan fingerprint density at radius 1 is 1.75 bits per heavy atom. The predicted octanol–water partition coefficient (Wildman–Crippen LogP) is 2.04. The van der Waals surface area contributed by atoms with E-state index >= 15 is 0 Å². The van der Waals surface area contributed by atoms with Crippen molar-refractivity contribution >= 4 is 6.09 Å². The van der Waals surface area contributed by atoms with Crippen LogP contribution in [0.25, 0.3) is 0 Å². The number of amides is 1. The number of carbonyl (C=O) groups excluding carboxylic acids is 1. The Hall–Kier alpha value is -0.990. The molecular formula is C9H17NO2. The van der Waals surface area contributed by atoms with E-state index in [-0.39, 0.29) is 12.1 Å². The molecule has 0 spiro atoms. The van der Waals surface area contributed by atoms with Gasteiger partial charge in [-0.25, -0.2) is 4.79 Å². The molecule has 0 N–H and O–H groups in total. The molecule has 1 amide bonds. The van der Waals surface area contributed by atoms with Gasteiger partial charge in [0.05, 0.1) is 7.11 Å². The molecule has 0 bridgehead atoms. The first-order chi connectivity index (χ1) is 5.67. The molecule has 0 aliphatic carbocycles. The molecule has 0 aromatic heterocycles. The Bertz CT molecular complexity index is 157. The van der Waals surface area contributed by atoms with E-state index < -0.39 is 0 Å². The summed E-state index contributed by atoms with van der Waals surface area (Å²) in [6.45, 7) is 8.19. The average molecular weight is 171 g/mol. The topological polar surface area (TPSA) is 29.5 Å². The van der Waals surface area contributed by atoms with Crippen molar-refractivity contribution in [2.75, 3.05) is 13.7 Å². The number of ether oxygens (including phenoxy) is 1. The van der Waals surface area contributed by atoms with E-state index in [1.807, 2.05) is 13.8 Å². The summed E-state index contributed by atoms with van der Waals surface area (Å²) in [7, 11) is 1.39. The Labute approximate surface area is 74.0 Å². The quantitative estimate of drug-likeness (QED) is 0.606. The van der Waals surface area contributed by atoms with Crippen LogP contribution >= 0.6 is 0 Å². The zero-order valence-electron chi connectivity index (χ0n) is 8.04. The molecule has 0 saturated heterocycles. The maximum atomic E-state index is 11.1. The highest BCUT2D eigenvalue weighted by Gasteiger charge is 2.16. The second-order valence-corrected chi connectivity index (χ2v) is 2.63. The number of methoxy groups -OCH3 is 1. The fraction of sp³-hybridized carbons (Fsp3) is 0.667. The van der Waals surface area contributed by atoms with Crippen molar-refractivity contribution in [3.63, 3.8) is 0 Å². The smallest absolute Gasteiger partial charge is 0.409 e. The SMILES string of the molecule is C=CCC(C)N(CC)C(=O)OC. The third-order valence-corrected chi connectivity index (χ3v) is 1.79. The minimum Gasteiger partial charge on any atom is -0.453 e. The summed E-state index contributed by atoms with van der Waals surface area (Å²) in [5, 5.41) is 0. The summed E-state index contributed by atoms with van der Waals surface area (Å²) in [6, 6.07) is 0.167. The van der Waals surface area contributed by atoms with Crippen LogP contribution in [0, 0.1) is 0 Å². The zero-order valence-corrected chi connectivity index (χ0v) is 8.04. The highest BCUT2D eigenvalue weighted by atomic mass is 16.5. The van der Waals surface area contributed by atoms with Gasteiger partial charge in [-0.2, -0.15) is 0 Å². The summed E-state index contributed by atoms with van der Waals surface area (Å²) in [5.41, 5.74) is 0. The molecule has 1 atom stereocenters. The van der Waals surface area contributed by atoms with Crippen LogP contribution in [0.5, 0.6) is 0 Å². The minimum absolute atomic E-state index is 0.167. The molecule has 3 nitrogen and oxygen atoms in total. The summed E-state index contributed by atoms with van der Waals surface area (Å²) in [5.74, 6) is 0. The van der Waals surface area contributed by atoms with Crippen molar-refractivity contribution in [3.8, 4) is 0 Å². The summed E-state index contributed by atoms with van der Waals surface area (Å²) < 4.78 is 4.62. The van der Waals surface area contributed by atoms with E-state index in [0.29, 0.717) is 6.54 Å². The van der Waals surface area contributed by atoms with Gasteiger partial charge >= 0.3 is 6.09 Å². The normalized spacial score (nSPS) is 11.9. The molecule has 0 aromatic rings. The molecule has 3 heteroatoms. The van der Waals surface area contributed by atoms with E-state index in [4.69, 9.17) is 0 Å². The van der Waals surface area contributed by atoms with Crippen molar-refractivity contribution < 1.29 is 9.53 Å². The Balaban J connectivity index is 4.12. The summed E-state index contributed by atoms with van der Waals surface area (Å²) in [4.78, 5) is 12.8. The lowest BCUT2D eigenvalue weighted by Gasteiger charge is -2.25. The molecule has 0 heterocycles. The molecule has 0 saturated carbocycles. The number of hydrogen-bond donors (Lipinski definition) is 0. The molecule has 70 valence electrons. The van der Waals surface area contributed by atoms with E-state index in [2.05, 4.69) is 11.3 Å². The number of hydrogen-bond acceptors (Lipinski definition) is 2. The van der Waals surface area contributed by atoms with Crippen LogP contribution < -0.4 is 0 Å². The lowest BCUT2D eigenvalue weighted by molar-refractivity contribution is 0.111. The standard InChI is InChI=1S/C9H17NO2/c1-5-7-8(3)10(6-2)9(11)12-4/h5,8H,1,6-7H2,2-4H3. The molecule has 0 aromatic carbocycles. The molecular weight excluding hydrogens is 154 g/mol. The first-order valence-electron chi connectivity index (χ1n) is 4.12. The first kappa shape index (κ1) is 11.0. The highest BCUT2D eigenvalue weighted by molar-refractivity contribution is 5.67. The monoisotopic (exact) mass is 171 g/mol. The molecule has 0 radical (unpaired) electrons. The van der Waals surface area contributed by atoms with Crippen LogP contribution in [0.3, 0.4) is 0 Å². The number of nitrogens with zero attached hydrogens (tertiary/aromatic N) is 1. The molecule has 1 unspecified atom stereocenters. The summed E-state index contributed by atoms with van der Waals surface area (Å²) in [6.07, 6.45) is 2.33. The van der Waals surface area contributed by atoms with Crippen LogP contribution in [0.1, 0.15) is 20.3 Å². The lowest BCUT2D eigenvalue weighted by Crippen LogP contribution is -2.38. The third-order valence-electron chi connectivity index (χ3n) is 1.79. The van der Waals surface area contributed by atoms with E-state index in [0.717, 1.165) is 6.42 Å². The molecule has 0 rings (SSSR count). The highest BCUT2D eigenvalue weighted by Crippen LogP contribution is 2.05. The minimum atomic E-state index is -0.271. The van der Waals surface area contributed by atoms with Gasteiger partial charge in [0.1, 0.15) is 0 Å². The van der Waals surface area contributed by atoms with Crippen molar-refractivity contribution in [1.29, 1.82) is 0 Å². The molecule has 0 fully saturated rings. The van der Waals surface area contributed by atoms with Crippen LogP contribution in [0.2, 0.25) is 0 Å². The number of rotatable bonds is 4. The van der Waals surface area contributed by atoms with Gasteiger partial charge in [0.15, 0.2) is 0 Å². The maximum Gasteiger partial charge on any atom is 0.409 e. The second-order valence-electron chi connectivity index (χ2n) is 2.63. The molecule has 0 aliphatic rings. The fourth-order valence-electron chi connectivity index (χ4n) is 1.11. The van der Waals surface area contributed by atoms with Gasteiger partial charge in [0.2, 0.25) is 0 Å².